The van der Waals surface area contributed by atoms with Crippen molar-refractivity contribution in [2.45, 2.75) is 13.3 Å². The van der Waals surface area contributed by atoms with E-state index in [1.54, 1.807) is 0 Å². The van der Waals surface area contributed by atoms with Crippen molar-refractivity contribution in [1.29, 1.82) is 0 Å². The first-order valence-electron chi connectivity index (χ1n) is 6.45. The molecule has 4 nitrogen and oxygen atoms in total. The molecule has 2 aromatic carbocycles. The van der Waals surface area contributed by atoms with E-state index in [4.69, 9.17) is 10.3 Å². The summed E-state index contributed by atoms with van der Waals surface area (Å²) < 4.78 is 5.29. The lowest BCUT2D eigenvalue weighted by molar-refractivity contribution is 0.424. The van der Waals surface area contributed by atoms with Crippen LogP contribution in [0.3, 0.4) is 0 Å². The maximum atomic E-state index is 5.66. The van der Waals surface area contributed by atoms with Gasteiger partial charge >= 0.3 is 0 Å². The van der Waals surface area contributed by atoms with Crippen LogP contribution >= 0.6 is 0 Å². The van der Waals surface area contributed by atoms with Crippen LogP contribution in [0.15, 0.2) is 53.1 Å². The molecule has 0 aliphatic rings. The summed E-state index contributed by atoms with van der Waals surface area (Å²) in [5.41, 5.74) is 9.65. The highest BCUT2D eigenvalue weighted by atomic mass is 16.5. The number of hydrogen-bond acceptors (Lipinski definition) is 4. The average Bonchev–Trinajstić information content (AvgIpc) is 2.88. The summed E-state index contributed by atoms with van der Waals surface area (Å²) >= 11 is 0. The van der Waals surface area contributed by atoms with Crippen LogP contribution in [0.4, 0.5) is 5.69 Å². The van der Waals surface area contributed by atoms with Crippen LogP contribution in [0.2, 0.25) is 0 Å². The Labute approximate surface area is 117 Å². The molecule has 2 N–H and O–H groups in total. The molecule has 0 radical (unpaired) electrons. The minimum atomic E-state index is 0.521. The first-order valence-corrected chi connectivity index (χ1v) is 6.45. The van der Waals surface area contributed by atoms with Gasteiger partial charge in [0.15, 0.2) is 5.82 Å². The van der Waals surface area contributed by atoms with Crippen molar-refractivity contribution >= 4 is 5.69 Å². The molecule has 0 unspecified atom stereocenters. The molecular weight excluding hydrogens is 250 g/mol. The Morgan fingerprint density at radius 1 is 1.10 bits per heavy atom. The van der Waals surface area contributed by atoms with Crippen molar-refractivity contribution in [3.05, 3.63) is 65.5 Å². The van der Waals surface area contributed by atoms with E-state index in [1.165, 1.54) is 11.1 Å². The number of aromatic nitrogens is 2. The zero-order valence-corrected chi connectivity index (χ0v) is 11.2. The second-order valence-electron chi connectivity index (χ2n) is 4.80. The smallest absolute Gasteiger partial charge is 0.257 e. The zero-order valence-electron chi connectivity index (χ0n) is 11.2. The fourth-order valence-corrected chi connectivity index (χ4v) is 2.07. The maximum Gasteiger partial charge on any atom is 0.257 e. The third kappa shape index (κ3) is 2.69. The summed E-state index contributed by atoms with van der Waals surface area (Å²) in [5, 5.41) is 4.02. The van der Waals surface area contributed by atoms with Crippen LogP contribution in [0.25, 0.3) is 11.5 Å². The van der Waals surface area contributed by atoms with Crippen molar-refractivity contribution < 1.29 is 4.52 Å². The molecule has 3 aromatic rings. The molecule has 0 aliphatic carbocycles. The van der Waals surface area contributed by atoms with Crippen LogP contribution in [0, 0.1) is 6.92 Å². The predicted octanol–water partition coefficient (Wildman–Crippen LogP) is 3.22. The largest absolute Gasteiger partial charge is 0.399 e. The van der Waals surface area contributed by atoms with Gasteiger partial charge in [0, 0.05) is 17.7 Å². The van der Waals surface area contributed by atoms with Crippen LogP contribution in [-0.2, 0) is 6.42 Å². The van der Waals surface area contributed by atoms with Gasteiger partial charge in [0.25, 0.3) is 5.89 Å². The Bertz CT molecular complexity index is 717. The predicted molar refractivity (Wildman–Crippen MR) is 78.1 cm³/mol. The van der Waals surface area contributed by atoms with E-state index in [-0.39, 0.29) is 0 Å². The highest BCUT2D eigenvalue weighted by molar-refractivity contribution is 5.56. The molecule has 20 heavy (non-hydrogen) atoms. The van der Waals surface area contributed by atoms with E-state index < -0.39 is 0 Å². The summed E-state index contributed by atoms with van der Waals surface area (Å²) in [7, 11) is 0. The first-order chi connectivity index (χ1) is 9.70. The van der Waals surface area contributed by atoms with E-state index in [9.17, 15) is 0 Å². The molecule has 0 atom stereocenters. The quantitative estimate of drug-likeness (QED) is 0.738. The molecule has 0 bridgehead atoms. The highest BCUT2D eigenvalue weighted by Gasteiger charge is 2.09. The summed E-state index contributed by atoms with van der Waals surface area (Å²) in [4.78, 5) is 4.42. The number of aryl methyl sites for hydroxylation is 1. The van der Waals surface area contributed by atoms with Crippen molar-refractivity contribution in [3.8, 4) is 11.5 Å². The van der Waals surface area contributed by atoms with Crippen molar-refractivity contribution in [2.75, 3.05) is 5.73 Å². The summed E-state index contributed by atoms with van der Waals surface area (Å²) in [5.74, 6) is 1.20. The monoisotopic (exact) mass is 265 g/mol. The molecular formula is C16H15N3O. The first kappa shape index (κ1) is 12.4. The van der Waals surface area contributed by atoms with Crippen molar-refractivity contribution in [2.24, 2.45) is 0 Å². The van der Waals surface area contributed by atoms with E-state index in [0.29, 0.717) is 23.8 Å². The molecule has 4 heteroatoms. The number of rotatable bonds is 3. The molecule has 0 aliphatic heterocycles. The minimum absolute atomic E-state index is 0.521. The number of nitrogens with two attached hydrogens (primary N) is 1. The highest BCUT2D eigenvalue weighted by Crippen LogP contribution is 2.19. The van der Waals surface area contributed by atoms with E-state index in [1.807, 2.05) is 30.3 Å². The Morgan fingerprint density at radius 3 is 2.65 bits per heavy atom. The third-order valence-corrected chi connectivity index (χ3v) is 3.07. The molecule has 100 valence electrons. The van der Waals surface area contributed by atoms with Gasteiger partial charge in [-0.3, -0.25) is 0 Å². The van der Waals surface area contributed by atoms with Gasteiger partial charge in [0.2, 0.25) is 0 Å². The maximum absolute atomic E-state index is 5.66. The number of benzene rings is 2. The lowest BCUT2D eigenvalue weighted by Gasteiger charge is -1.98. The zero-order chi connectivity index (χ0) is 13.9. The van der Waals surface area contributed by atoms with Gasteiger partial charge in [0.1, 0.15) is 0 Å². The molecule has 0 spiro atoms. The molecule has 3 rings (SSSR count). The third-order valence-electron chi connectivity index (χ3n) is 3.07. The van der Waals surface area contributed by atoms with Gasteiger partial charge in [-0.25, -0.2) is 0 Å². The number of hydrogen-bond donors (Lipinski definition) is 1. The minimum Gasteiger partial charge on any atom is -0.399 e. The molecule has 0 saturated carbocycles. The molecule has 0 fully saturated rings. The SMILES string of the molecule is Cc1cccc(Cc2noc(-c3ccc(N)cc3)n2)c1. The molecule has 1 heterocycles. The van der Waals surface area contributed by atoms with Crippen LogP contribution in [0.5, 0.6) is 0 Å². The lowest BCUT2D eigenvalue weighted by atomic mass is 10.1. The van der Waals surface area contributed by atoms with Crippen molar-refractivity contribution in [3.63, 3.8) is 0 Å². The summed E-state index contributed by atoms with van der Waals surface area (Å²) in [6.45, 7) is 2.07. The van der Waals surface area contributed by atoms with Crippen LogP contribution in [0.1, 0.15) is 17.0 Å². The molecule has 0 amide bonds. The van der Waals surface area contributed by atoms with Crippen LogP contribution < -0.4 is 5.73 Å². The van der Waals surface area contributed by atoms with E-state index in [2.05, 4.69) is 35.3 Å². The normalized spacial score (nSPS) is 10.7. The number of nitrogen functional groups attached to an aromatic ring is 1. The standard InChI is InChI=1S/C16H15N3O/c1-11-3-2-4-12(9-11)10-15-18-16(20-19-15)13-5-7-14(17)8-6-13/h2-9H,10,17H2,1H3. The van der Waals surface area contributed by atoms with Gasteiger partial charge in [0.05, 0.1) is 0 Å². The average molecular weight is 265 g/mol. The van der Waals surface area contributed by atoms with Gasteiger partial charge in [-0.1, -0.05) is 35.0 Å². The fourth-order valence-electron chi connectivity index (χ4n) is 2.07. The summed E-state index contributed by atoms with van der Waals surface area (Å²) in [6.07, 6.45) is 0.667. The van der Waals surface area contributed by atoms with E-state index in [0.717, 1.165) is 5.56 Å². The van der Waals surface area contributed by atoms with Gasteiger partial charge < -0.3 is 10.3 Å². The topological polar surface area (TPSA) is 64.9 Å². The number of nitrogens with zero attached hydrogens (tertiary/aromatic N) is 2. The van der Waals surface area contributed by atoms with E-state index >= 15 is 0 Å². The fraction of sp³-hybridized carbons (Fsp3) is 0.125. The summed E-state index contributed by atoms with van der Waals surface area (Å²) in [6, 6.07) is 15.7. The Balaban J connectivity index is 1.82. The van der Waals surface area contributed by atoms with Gasteiger partial charge in [-0.2, -0.15) is 4.98 Å². The molecule has 0 saturated heterocycles. The Hall–Kier alpha value is -2.62. The second-order valence-corrected chi connectivity index (χ2v) is 4.80. The van der Waals surface area contributed by atoms with Crippen LogP contribution in [-0.4, -0.2) is 10.1 Å². The van der Waals surface area contributed by atoms with Crippen molar-refractivity contribution in [1.82, 2.24) is 10.1 Å². The molecule has 1 aromatic heterocycles. The second kappa shape index (κ2) is 5.17. The number of anilines is 1. The Kier molecular flexibility index (Phi) is 3.21. The Morgan fingerprint density at radius 2 is 1.90 bits per heavy atom. The lowest BCUT2D eigenvalue weighted by Crippen LogP contribution is -1.91. The van der Waals surface area contributed by atoms with Gasteiger partial charge in [-0.05, 0) is 36.8 Å². The van der Waals surface area contributed by atoms with Gasteiger partial charge in [-0.15, -0.1) is 0 Å².